The number of nitrogens with two attached hydrogens (primary N) is 1. The zero-order valence-corrected chi connectivity index (χ0v) is 16.7. The summed E-state index contributed by atoms with van der Waals surface area (Å²) in [6.07, 6.45) is -2.92. The summed E-state index contributed by atoms with van der Waals surface area (Å²) in [6, 6.07) is 19.9. The number of primary sulfonamides is 1. The standard InChI is InChI=1S/C22H16F3N3O2S/c23-22(24,25)18-13-16(15-4-2-1-3-5-15)12-17(14-18)21-10-11-28(27-21)19-6-8-20(9-7-19)31(26,29)30/h1-14H,(H2,26,29,30). The molecule has 158 valence electrons. The average molecular weight is 443 g/mol. The number of aromatic nitrogens is 2. The van der Waals surface area contributed by atoms with Gasteiger partial charge in [0.1, 0.15) is 0 Å². The molecular weight excluding hydrogens is 427 g/mol. The Morgan fingerprint density at radius 2 is 1.45 bits per heavy atom. The summed E-state index contributed by atoms with van der Waals surface area (Å²) in [4.78, 5) is -0.0472. The number of hydrogen-bond acceptors (Lipinski definition) is 3. The zero-order valence-electron chi connectivity index (χ0n) is 15.9. The Hall–Kier alpha value is -3.43. The van der Waals surface area contributed by atoms with Crippen LogP contribution < -0.4 is 5.14 Å². The van der Waals surface area contributed by atoms with Crippen molar-refractivity contribution in [3.8, 4) is 28.1 Å². The molecule has 9 heteroatoms. The van der Waals surface area contributed by atoms with Gasteiger partial charge in [0.25, 0.3) is 0 Å². The topological polar surface area (TPSA) is 78.0 Å². The van der Waals surface area contributed by atoms with Crippen LogP contribution in [0.2, 0.25) is 0 Å². The maximum Gasteiger partial charge on any atom is 0.416 e. The molecule has 1 heterocycles. The fourth-order valence-electron chi connectivity index (χ4n) is 3.15. The minimum atomic E-state index is -4.51. The van der Waals surface area contributed by atoms with E-state index >= 15 is 0 Å². The summed E-state index contributed by atoms with van der Waals surface area (Å²) in [5.41, 5.74) is 1.52. The fraction of sp³-hybridized carbons (Fsp3) is 0.0455. The van der Waals surface area contributed by atoms with Crippen LogP contribution in [-0.2, 0) is 16.2 Å². The molecule has 0 atom stereocenters. The number of hydrogen-bond donors (Lipinski definition) is 1. The molecule has 0 aliphatic heterocycles. The molecule has 5 nitrogen and oxygen atoms in total. The van der Waals surface area contributed by atoms with Gasteiger partial charge >= 0.3 is 6.18 Å². The van der Waals surface area contributed by atoms with Crippen LogP contribution >= 0.6 is 0 Å². The third-order valence-electron chi connectivity index (χ3n) is 4.68. The molecule has 0 fully saturated rings. The molecule has 0 unspecified atom stereocenters. The third kappa shape index (κ3) is 4.52. The summed E-state index contributed by atoms with van der Waals surface area (Å²) in [5, 5.41) is 9.46. The highest BCUT2D eigenvalue weighted by atomic mass is 32.2. The van der Waals surface area contributed by atoms with Gasteiger partial charge in [-0.25, -0.2) is 18.2 Å². The number of alkyl halides is 3. The molecule has 3 aromatic carbocycles. The SMILES string of the molecule is NS(=O)(=O)c1ccc(-n2ccc(-c3cc(-c4ccccc4)cc(C(F)(F)F)c3)n2)cc1. The van der Waals surface area contributed by atoms with E-state index in [-0.39, 0.29) is 4.90 Å². The second-order valence-corrected chi connectivity index (χ2v) is 8.41. The molecule has 0 spiro atoms. The van der Waals surface area contributed by atoms with Crippen LogP contribution in [0.4, 0.5) is 13.2 Å². The van der Waals surface area contributed by atoms with Gasteiger partial charge in [0.2, 0.25) is 10.0 Å². The minimum absolute atomic E-state index is 0.0472. The predicted octanol–water partition coefficient (Wildman–Crippen LogP) is 4.87. The Bertz CT molecular complexity index is 1330. The first-order valence-corrected chi connectivity index (χ1v) is 10.6. The van der Waals surface area contributed by atoms with Crippen LogP contribution in [0.15, 0.2) is 90.0 Å². The fourth-order valence-corrected chi connectivity index (χ4v) is 3.66. The molecule has 31 heavy (non-hydrogen) atoms. The number of rotatable bonds is 4. The van der Waals surface area contributed by atoms with E-state index in [1.807, 2.05) is 0 Å². The molecule has 0 radical (unpaired) electrons. The van der Waals surface area contributed by atoms with Crippen LogP contribution in [-0.4, -0.2) is 18.2 Å². The Balaban J connectivity index is 1.76. The first kappa shape index (κ1) is 20.8. The normalized spacial score (nSPS) is 12.1. The lowest BCUT2D eigenvalue weighted by Crippen LogP contribution is -2.12. The van der Waals surface area contributed by atoms with Crippen molar-refractivity contribution >= 4 is 10.0 Å². The van der Waals surface area contributed by atoms with Crippen LogP contribution in [0, 0.1) is 0 Å². The lowest BCUT2D eigenvalue weighted by atomic mass is 9.98. The second kappa shape index (κ2) is 7.68. The van der Waals surface area contributed by atoms with Crippen molar-refractivity contribution in [2.75, 3.05) is 0 Å². The highest BCUT2D eigenvalue weighted by Gasteiger charge is 2.31. The van der Waals surface area contributed by atoms with Gasteiger partial charge in [-0.3, -0.25) is 0 Å². The molecule has 0 amide bonds. The second-order valence-electron chi connectivity index (χ2n) is 6.85. The Morgan fingerprint density at radius 1 is 0.806 bits per heavy atom. The summed E-state index contributed by atoms with van der Waals surface area (Å²) >= 11 is 0. The van der Waals surface area contributed by atoms with E-state index in [0.717, 1.165) is 12.1 Å². The average Bonchev–Trinajstić information content (AvgIpc) is 3.23. The molecule has 2 N–H and O–H groups in total. The summed E-state index contributed by atoms with van der Waals surface area (Å²) in [7, 11) is -3.83. The summed E-state index contributed by atoms with van der Waals surface area (Å²) in [5.74, 6) is 0. The Kier molecular flexibility index (Phi) is 5.16. The maximum atomic E-state index is 13.5. The maximum absolute atomic E-state index is 13.5. The first-order chi connectivity index (χ1) is 14.6. The van der Waals surface area contributed by atoms with E-state index in [1.165, 1.54) is 28.9 Å². The van der Waals surface area contributed by atoms with E-state index in [2.05, 4.69) is 5.10 Å². The van der Waals surface area contributed by atoms with Crippen LogP contribution in [0.25, 0.3) is 28.1 Å². The van der Waals surface area contributed by atoms with E-state index in [9.17, 15) is 21.6 Å². The molecule has 0 bridgehead atoms. The van der Waals surface area contributed by atoms with Crippen LogP contribution in [0.1, 0.15) is 5.56 Å². The van der Waals surface area contributed by atoms with Crippen molar-refractivity contribution < 1.29 is 21.6 Å². The molecule has 4 rings (SSSR count). The molecule has 0 saturated carbocycles. The quantitative estimate of drug-likeness (QED) is 0.489. The van der Waals surface area contributed by atoms with Crippen molar-refractivity contribution in [1.82, 2.24) is 9.78 Å². The van der Waals surface area contributed by atoms with Crippen molar-refractivity contribution in [1.29, 1.82) is 0 Å². The number of halogens is 3. The van der Waals surface area contributed by atoms with Crippen molar-refractivity contribution in [3.05, 3.63) is 90.6 Å². The van der Waals surface area contributed by atoms with Crippen molar-refractivity contribution in [3.63, 3.8) is 0 Å². The molecule has 0 saturated heterocycles. The molecule has 0 aliphatic carbocycles. The molecule has 0 aliphatic rings. The summed E-state index contributed by atoms with van der Waals surface area (Å²) in [6.45, 7) is 0. The summed E-state index contributed by atoms with van der Waals surface area (Å²) < 4.78 is 64.7. The molecule has 1 aromatic heterocycles. The number of benzene rings is 3. The lowest BCUT2D eigenvalue weighted by molar-refractivity contribution is -0.137. The van der Waals surface area contributed by atoms with E-state index in [0.29, 0.717) is 28.1 Å². The van der Waals surface area contributed by atoms with Gasteiger partial charge in [-0.1, -0.05) is 30.3 Å². The smallest absolute Gasteiger partial charge is 0.240 e. The Labute approximate surface area is 176 Å². The van der Waals surface area contributed by atoms with Gasteiger partial charge < -0.3 is 0 Å². The largest absolute Gasteiger partial charge is 0.416 e. The van der Waals surface area contributed by atoms with Gasteiger partial charge in [0.05, 0.1) is 21.8 Å². The van der Waals surface area contributed by atoms with Gasteiger partial charge in [0.15, 0.2) is 0 Å². The zero-order chi connectivity index (χ0) is 22.2. The predicted molar refractivity (Wildman–Crippen MR) is 111 cm³/mol. The van der Waals surface area contributed by atoms with E-state index in [4.69, 9.17) is 5.14 Å². The first-order valence-electron chi connectivity index (χ1n) is 9.08. The molecule has 4 aromatic rings. The number of nitrogens with zero attached hydrogens (tertiary/aromatic N) is 2. The van der Waals surface area contributed by atoms with Crippen LogP contribution in [0.5, 0.6) is 0 Å². The van der Waals surface area contributed by atoms with Gasteiger partial charge in [0, 0.05) is 11.8 Å². The van der Waals surface area contributed by atoms with E-state index in [1.54, 1.807) is 48.7 Å². The minimum Gasteiger partial charge on any atom is -0.240 e. The number of sulfonamides is 1. The monoisotopic (exact) mass is 443 g/mol. The molecular formula is C22H16F3N3O2S. The highest BCUT2D eigenvalue weighted by molar-refractivity contribution is 7.89. The van der Waals surface area contributed by atoms with E-state index < -0.39 is 21.8 Å². The van der Waals surface area contributed by atoms with Crippen molar-refractivity contribution in [2.24, 2.45) is 5.14 Å². The highest BCUT2D eigenvalue weighted by Crippen LogP contribution is 2.36. The van der Waals surface area contributed by atoms with Gasteiger partial charge in [-0.2, -0.15) is 18.3 Å². The van der Waals surface area contributed by atoms with Crippen molar-refractivity contribution in [2.45, 2.75) is 11.1 Å². The van der Waals surface area contributed by atoms with Crippen LogP contribution in [0.3, 0.4) is 0 Å². The van der Waals surface area contributed by atoms with Gasteiger partial charge in [-0.15, -0.1) is 0 Å². The third-order valence-corrected chi connectivity index (χ3v) is 5.61. The lowest BCUT2D eigenvalue weighted by Gasteiger charge is -2.12. The Morgan fingerprint density at radius 3 is 2.06 bits per heavy atom. The van der Waals surface area contributed by atoms with Gasteiger partial charge in [-0.05, 0) is 59.7 Å².